The van der Waals surface area contributed by atoms with Gasteiger partial charge in [-0.1, -0.05) is 11.6 Å². The van der Waals surface area contributed by atoms with Gasteiger partial charge in [0.2, 0.25) is 6.10 Å². The van der Waals surface area contributed by atoms with Crippen LogP contribution in [0.3, 0.4) is 0 Å². The van der Waals surface area contributed by atoms with Gasteiger partial charge < -0.3 is 9.84 Å². The van der Waals surface area contributed by atoms with E-state index < -0.39 is 23.8 Å². The quantitative estimate of drug-likeness (QED) is 0.840. The number of fused-ring (bicyclic) bond motifs is 1. The summed E-state index contributed by atoms with van der Waals surface area (Å²) in [5.41, 5.74) is 0.942. The highest BCUT2D eigenvalue weighted by Gasteiger charge is 2.48. The molecule has 0 amide bonds. The maximum atomic E-state index is 13.1. The molecule has 3 nitrogen and oxygen atoms in total. The fourth-order valence-corrected chi connectivity index (χ4v) is 3.33. The number of carboxylic acid groups (broad SMARTS) is 1. The molecule has 1 N–H and O–H groups in total. The number of thiophene rings is 1. The zero-order valence-electron chi connectivity index (χ0n) is 11.9. The standard InChI is InChI=1S/C16H10ClF3O3S/c17-12-5-10-4-11(15(21)22)14(16(18,19)20)23-13(10)6-9(12)3-8-1-2-24-7-8/h1-2,4-7,14H,3H2,(H,21,22)/t14-/m0/s1. The second kappa shape index (κ2) is 6.14. The smallest absolute Gasteiger partial charge is 0.430 e. The molecule has 2 heterocycles. The van der Waals surface area contributed by atoms with E-state index in [0.29, 0.717) is 17.0 Å². The molecule has 1 aromatic carbocycles. The summed E-state index contributed by atoms with van der Waals surface area (Å²) in [6, 6.07) is 4.75. The van der Waals surface area contributed by atoms with Gasteiger partial charge in [0, 0.05) is 10.6 Å². The molecule has 0 saturated carbocycles. The summed E-state index contributed by atoms with van der Waals surface area (Å²) in [4.78, 5) is 11.1. The van der Waals surface area contributed by atoms with Gasteiger partial charge in [-0.05, 0) is 52.6 Å². The van der Waals surface area contributed by atoms with E-state index in [2.05, 4.69) is 0 Å². The summed E-state index contributed by atoms with van der Waals surface area (Å²) in [7, 11) is 0. The van der Waals surface area contributed by atoms with Crippen molar-refractivity contribution < 1.29 is 27.8 Å². The van der Waals surface area contributed by atoms with Gasteiger partial charge in [0.25, 0.3) is 0 Å². The Morgan fingerprint density at radius 3 is 2.71 bits per heavy atom. The highest BCUT2D eigenvalue weighted by molar-refractivity contribution is 7.07. The average molecular weight is 375 g/mol. The minimum absolute atomic E-state index is 0.0306. The SMILES string of the molecule is O=C(O)C1=Cc2cc(Cl)c(Cc3ccsc3)cc2O[C@@H]1C(F)(F)F. The fraction of sp³-hybridized carbons (Fsp3) is 0.188. The summed E-state index contributed by atoms with van der Waals surface area (Å²) >= 11 is 7.68. The summed E-state index contributed by atoms with van der Waals surface area (Å²) in [6.07, 6.45) is -5.92. The Hall–Kier alpha value is -1.99. The molecule has 0 spiro atoms. The summed E-state index contributed by atoms with van der Waals surface area (Å²) < 4.78 is 44.2. The van der Waals surface area contributed by atoms with Crippen LogP contribution in [-0.4, -0.2) is 23.4 Å². The van der Waals surface area contributed by atoms with Crippen LogP contribution in [0.4, 0.5) is 13.2 Å². The number of halogens is 4. The van der Waals surface area contributed by atoms with Crippen molar-refractivity contribution >= 4 is 35.0 Å². The number of alkyl halides is 3. The Morgan fingerprint density at radius 1 is 1.38 bits per heavy atom. The van der Waals surface area contributed by atoms with Gasteiger partial charge in [-0.15, -0.1) is 0 Å². The second-order valence-electron chi connectivity index (χ2n) is 5.23. The first-order valence-corrected chi connectivity index (χ1v) is 8.09. The van der Waals surface area contributed by atoms with Crippen LogP contribution in [-0.2, 0) is 11.2 Å². The van der Waals surface area contributed by atoms with Crippen molar-refractivity contribution in [2.45, 2.75) is 18.7 Å². The highest BCUT2D eigenvalue weighted by Crippen LogP contribution is 2.39. The molecule has 3 rings (SSSR count). The normalized spacial score (nSPS) is 17.0. The number of ether oxygens (including phenoxy) is 1. The predicted octanol–water partition coefficient (Wildman–Crippen LogP) is 4.78. The lowest BCUT2D eigenvalue weighted by Gasteiger charge is -2.27. The number of benzene rings is 1. The van der Waals surface area contributed by atoms with Crippen LogP contribution in [0.5, 0.6) is 5.75 Å². The molecule has 2 aromatic rings. The van der Waals surface area contributed by atoms with Gasteiger partial charge in [0.15, 0.2) is 0 Å². The monoisotopic (exact) mass is 374 g/mol. The Morgan fingerprint density at radius 2 is 2.12 bits per heavy atom. The van der Waals surface area contributed by atoms with Gasteiger partial charge in [0.05, 0.1) is 5.57 Å². The molecule has 1 aliphatic heterocycles. The molecule has 24 heavy (non-hydrogen) atoms. The van der Waals surface area contributed by atoms with E-state index in [0.717, 1.165) is 11.6 Å². The third-order valence-electron chi connectivity index (χ3n) is 3.54. The molecular weight excluding hydrogens is 365 g/mol. The van der Waals surface area contributed by atoms with Crippen molar-refractivity contribution in [1.82, 2.24) is 0 Å². The molecule has 8 heteroatoms. The van der Waals surface area contributed by atoms with E-state index in [9.17, 15) is 18.0 Å². The average Bonchev–Trinajstić information content (AvgIpc) is 2.98. The van der Waals surface area contributed by atoms with Gasteiger partial charge >= 0.3 is 12.1 Å². The Kier molecular flexibility index (Phi) is 4.31. The second-order valence-corrected chi connectivity index (χ2v) is 6.42. The van der Waals surface area contributed by atoms with Crippen LogP contribution < -0.4 is 4.74 Å². The topological polar surface area (TPSA) is 46.5 Å². The minimum Gasteiger partial charge on any atom is -0.478 e. The van der Waals surface area contributed by atoms with Crippen molar-refractivity contribution in [3.8, 4) is 5.75 Å². The van der Waals surface area contributed by atoms with Crippen LogP contribution in [0.1, 0.15) is 16.7 Å². The van der Waals surface area contributed by atoms with Crippen LogP contribution in [0.2, 0.25) is 5.02 Å². The van der Waals surface area contributed by atoms with E-state index >= 15 is 0 Å². The zero-order chi connectivity index (χ0) is 17.5. The number of carboxylic acids is 1. The lowest BCUT2D eigenvalue weighted by molar-refractivity contribution is -0.187. The molecule has 126 valence electrons. The van der Waals surface area contributed by atoms with Gasteiger partial charge in [-0.25, -0.2) is 4.79 Å². The van der Waals surface area contributed by atoms with E-state index in [1.54, 1.807) is 0 Å². The minimum atomic E-state index is -4.82. The third kappa shape index (κ3) is 3.27. The largest absolute Gasteiger partial charge is 0.478 e. The van der Waals surface area contributed by atoms with Crippen molar-refractivity contribution in [2.75, 3.05) is 0 Å². The fourth-order valence-electron chi connectivity index (χ4n) is 2.43. The molecule has 1 atom stereocenters. The number of rotatable bonds is 3. The first-order valence-electron chi connectivity index (χ1n) is 6.77. The molecule has 0 unspecified atom stereocenters. The highest BCUT2D eigenvalue weighted by atomic mass is 35.5. The number of hydrogen-bond acceptors (Lipinski definition) is 3. The zero-order valence-corrected chi connectivity index (χ0v) is 13.5. The molecular formula is C16H10ClF3O3S. The molecule has 0 aliphatic carbocycles. The first kappa shape index (κ1) is 16.9. The Labute approximate surface area is 143 Å². The molecule has 1 aliphatic rings. The summed E-state index contributed by atoms with van der Waals surface area (Å²) in [6.45, 7) is 0. The van der Waals surface area contributed by atoms with Gasteiger partial charge in [-0.2, -0.15) is 24.5 Å². The first-order chi connectivity index (χ1) is 11.3. The Bertz CT molecular complexity index is 813. The Balaban J connectivity index is 2.03. The van der Waals surface area contributed by atoms with Crippen LogP contribution in [0, 0.1) is 0 Å². The van der Waals surface area contributed by atoms with Gasteiger partial charge in [-0.3, -0.25) is 0 Å². The number of aliphatic carboxylic acids is 1. The maximum Gasteiger partial charge on any atom is 0.430 e. The van der Waals surface area contributed by atoms with E-state index in [4.69, 9.17) is 21.4 Å². The van der Waals surface area contributed by atoms with Crippen molar-refractivity contribution in [1.29, 1.82) is 0 Å². The predicted molar refractivity (Wildman–Crippen MR) is 84.7 cm³/mol. The van der Waals surface area contributed by atoms with Crippen molar-refractivity contribution in [3.63, 3.8) is 0 Å². The van der Waals surface area contributed by atoms with Crippen LogP contribution >= 0.6 is 22.9 Å². The van der Waals surface area contributed by atoms with E-state index in [-0.39, 0.29) is 11.3 Å². The van der Waals surface area contributed by atoms with Crippen LogP contribution in [0.25, 0.3) is 6.08 Å². The van der Waals surface area contributed by atoms with E-state index in [1.807, 2.05) is 16.8 Å². The molecule has 0 saturated heterocycles. The molecule has 0 bridgehead atoms. The molecule has 0 radical (unpaired) electrons. The van der Waals surface area contributed by atoms with Crippen molar-refractivity contribution in [3.05, 3.63) is 56.2 Å². The summed E-state index contributed by atoms with van der Waals surface area (Å²) in [5, 5.41) is 13.2. The summed E-state index contributed by atoms with van der Waals surface area (Å²) in [5.74, 6) is -1.71. The third-order valence-corrected chi connectivity index (χ3v) is 4.62. The number of carbonyl (C=O) groups is 1. The molecule has 1 aromatic heterocycles. The number of hydrogen-bond donors (Lipinski definition) is 1. The van der Waals surface area contributed by atoms with E-state index in [1.165, 1.54) is 23.5 Å². The van der Waals surface area contributed by atoms with Crippen molar-refractivity contribution in [2.24, 2.45) is 0 Å². The van der Waals surface area contributed by atoms with Gasteiger partial charge in [0.1, 0.15) is 5.75 Å². The lowest BCUT2D eigenvalue weighted by Crippen LogP contribution is -2.40. The maximum absolute atomic E-state index is 13.1. The van der Waals surface area contributed by atoms with Crippen LogP contribution in [0.15, 0.2) is 34.5 Å². The molecule has 0 fully saturated rings. The lowest BCUT2D eigenvalue weighted by atomic mass is 9.98.